The molecule has 32 heavy (non-hydrogen) atoms. The summed E-state index contributed by atoms with van der Waals surface area (Å²) in [4.78, 5) is 12.1. The van der Waals surface area contributed by atoms with Crippen molar-refractivity contribution >= 4 is 5.78 Å². The first-order valence-corrected chi connectivity index (χ1v) is 12.5. The molecule has 4 saturated carbocycles. The largest absolute Gasteiger partial charge is 0.393 e. The molecule has 0 amide bonds. The molecule has 0 aromatic rings. The molecule has 4 aliphatic carbocycles. The summed E-state index contributed by atoms with van der Waals surface area (Å²) in [6.07, 6.45) is 13.3. The molecule has 7 atom stereocenters. The minimum Gasteiger partial charge on any atom is -0.393 e. The number of Topliss-reactive ketones (excluding diaryl/α,β-unsaturated/α-hetero) is 1. The molecule has 0 aliphatic heterocycles. The molecule has 3 N–H and O–H groups in total. The first kappa shape index (κ1) is 23.7. The Morgan fingerprint density at radius 3 is 2.56 bits per heavy atom. The number of hydrogen-bond donors (Lipinski definition) is 3. The number of rotatable bonds is 3. The van der Waals surface area contributed by atoms with Gasteiger partial charge in [-0.15, -0.1) is 0 Å². The second kappa shape index (κ2) is 8.70. The van der Waals surface area contributed by atoms with Crippen LogP contribution < -0.4 is 0 Å². The van der Waals surface area contributed by atoms with Gasteiger partial charge >= 0.3 is 0 Å². The average molecular weight is 441 g/mol. The van der Waals surface area contributed by atoms with Crippen molar-refractivity contribution in [2.75, 3.05) is 0 Å². The lowest BCUT2D eigenvalue weighted by Crippen LogP contribution is -2.36. The Labute approximate surface area is 192 Å². The Hall–Kier alpha value is -1.49. The Morgan fingerprint density at radius 2 is 1.88 bits per heavy atom. The van der Waals surface area contributed by atoms with E-state index in [9.17, 15) is 20.1 Å². The topological polar surface area (TPSA) is 77.8 Å². The SMILES string of the molecule is C=C1/C(=C\C=C2/CCC[C@@]3(C)C2CC[C@@H]3C(C)/C=C2\CCC(=O)C2(C)O)C[C@@H](O)C[C@@H]1O. The summed E-state index contributed by atoms with van der Waals surface area (Å²) in [5.74, 6) is 1.35. The Kier molecular flexibility index (Phi) is 6.43. The maximum absolute atomic E-state index is 12.1. The average Bonchev–Trinajstić information content (AvgIpc) is 3.20. The molecule has 0 aromatic carbocycles. The van der Waals surface area contributed by atoms with Crippen LogP contribution in [0.4, 0.5) is 0 Å². The van der Waals surface area contributed by atoms with Crippen molar-refractivity contribution in [1.82, 2.24) is 0 Å². The number of hydrogen-bond acceptors (Lipinski definition) is 4. The standard InChI is InChI=1S/C28H40O4/c1-17(14-21-9-12-26(31)28(21,4)32)23-10-11-24-19(6-5-13-27(23,24)3)7-8-20-15-22(29)16-25(30)18(20)2/h7-8,14,17,22-25,29-30,32H,2,5-6,9-13,15-16H2,1,3-4H3/b19-7+,20-8-,21-14+/t17?,22-,23-,24?,25+,27-,28?/m1/s1. The van der Waals surface area contributed by atoms with Gasteiger partial charge in [-0.3, -0.25) is 4.79 Å². The van der Waals surface area contributed by atoms with E-state index in [0.717, 1.165) is 23.1 Å². The molecule has 4 heteroatoms. The van der Waals surface area contributed by atoms with Crippen molar-refractivity contribution in [2.45, 2.75) is 96.4 Å². The summed E-state index contributed by atoms with van der Waals surface area (Å²) >= 11 is 0. The number of aliphatic hydroxyl groups excluding tert-OH is 2. The van der Waals surface area contributed by atoms with Crippen LogP contribution in [0.5, 0.6) is 0 Å². The lowest BCUT2D eigenvalue weighted by molar-refractivity contribution is -0.129. The van der Waals surface area contributed by atoms with Gasteiger partial charge in [0, 0.05) is 12.8 Å². The van der Waals surface area contributed by atoms with Crippen LogP contribution in [0.1, 0.15) is 78.6 Å². The molecule has 0 heterocycles. The summed E-state index contributed by atoms with van der Waals surface area (Å²) in [5, 5.41) is 30.8. The highest BCUT2D eigenvalue weighted by atomic mass is 16.3. The van der Waals surface area contributed by atoms with Crippen LogP contribution in [-0.2, 0) is 4.79 Å². The van der Waals surface area contributed by atoms with E-state index < -0.39 is 17.8 Å². The number of carbonyl (C=O) groups is 1. The van der Waals surface area contributed by atoms with Crippen molar-refractivity contribution in [3.8, 4) is 0 Å². The van der Waals surface area contributed by atoms with Crippen LogP contribution in [0.3, 0.4) is 0 Å². The lowest BCUT2D eigenvalue weighted by Gasteiger charge is -2.44. The van der Waals surface area contributed by atoms with Crippen molar-refractivity contribution in [3.05, 3.63) is 47.1 Å². The first-order chi connectivity index (χ1) is 15.0. The maximum atomic E-state index is 12.1. The van der Waals surface area contributed by atoms with E-state index in [0.29, 0.717) is 43.4 Å². The third-order valence-electron chi connectivity index (χ3n) is 9.19. The van der Waals surface area contributed by atoms with E-state index in [1.807, 2.05) is 0 Å². The fraction of sp³-hybridized carbons (Fsp3) is 0.679. The molecule has 3 unspecified atom stereocenters. The number of allylic oxidation sites excluding steroid dienone is 4. The second-order valence-electron chi connectivity index (χ2n) is 11.2. The van der Waals surface area contributed by atoms with Crippen molar-refractivity contribution < 1.29 is 20.1 Å². The molecule has 4 nitrogen and oxygen atoms in total. The lowest BCUT2D eigenvalue weighted by atomic mass is 9.61. The minimum absolute atomic E-state index is 0.0538. The third-order valence-corrected chi connectivity index (χ3v) is 9.19. The highest BCUT2D eigenvalue weighted by Crippen LogP contribution is 2.59. The Balaban J connectivity index is 1.55. The van der Waals surface area contributed by atoms with Gasteiger partial charge < -0.3 is 15.3 Å². The third kappa shape index (κ3) is 4.10. The van der Waals surface area contributed by atoms with E-state index in [1.54, 1.807) is 6.92 Å². The monoisotopic (exact) mass is 440 g/mol. The molecular weight excluding hydrogens is 400 g/mol. The molecule has 0 saturated heterocycles. The van der Waals surface area contributed by atoms with Crippen molar-refractivity contribution in [2.24, 2.45) is 23.2 Å². The van der Waals surface area contributed by atoms with E-state index in [1.165, 1.54) is 31.3 Å². The van der Waals surface area contributed by atoms with Gasteiger partial charge in [0.2, 0.25) is 0 Å². The molecule has 0 bridgehead atoms. The molecule has 176 valence electrons. The highest BCUT2D eigenvalue weighted by Gasteiger charge is 2.51. The summed E-state index contributed by atoms with van der Waals surface area (Å²) in [7, 11) is 0. The summed E-state index contributed by atoms with van der Waals surface area (Å²) in [5.41, 5.74) is 3.04. The Bertz CT molecular complexity index is 876. The number of ketones is 1. The molecule has 0 radical (unpaired) electrons. The van der Waals surface area contributed by atoms with Crippen LogP contribution in [0, 0.1) is 23.2 Å². The first-order valence-electron chi connectivity index (χ1n) is 12.5. The van der Waals surface area contributed by atoms with E-state index in [-0.39, 0.29) is 11.2 Å². The molecule has 0 spiro atoms. The quantitative estimate of drug-likeness (QED) is 0.551. The van der Waals surface area contributed by atoms with Crippen LogP contribution in [0.15, 0.2) is 47.1 Å². The zero-order valence-electron chi connectivity index (χ0n) is 19.9. The van der Waals surface area contributed by atoms with E-state index in [2.05, 4.69) is 38.7 Å². The maximum Gasteiger partial charge on any atom is 0.168 e. The van der Waals surface area contributed by atoms with Gasteiger partial charge in [-0.2, -0.15) is 0 Å². The Morgan fingerprint density at radius 1 is 1.12 bits per heavy atom. The van der Waals surface area contributed by atoms with Gasteiger partial charge in [0.15, 0.2) is 5.78 Å². The zero-order valence-corrected chi connectivity index (χ0v) is 19.9. The predicted octanol–water partition coefficient (Wildman–Crippen LogP) is 4.80. The van der Waals surface area contributed by atoms with Crippen LogP contribution >= 0.6 is 0 Å². The van der Waals surface area contributed by atoms with Crippen molar-refractivity contribution in [1.29, 1.82) is 0 Å². The van der Waals surface area contributed by atoms with Gasteiger partial charge in [-0.1, -0.05) is 44.2 Å². The fourth-order valence-corrected chi connectivity index (χ4v) is 7.20. The fourth-order valence-electron chi connectivity index (χ4n) is 7.20. The molecule has 4 aliphatic rings. The smallest absolute Gasteiger partial charge is 0.168 e. The van der Waals surface area contributed by atoms with Crippen molar-refractivity contribution in [3.63, 3.8) is 0 Å². The van der Waals surface area contributed by atoms with Crippen LogP contribution in [0.2, 0.25) is 0 Å². The molecule has 4 rings (SSSR count). The van der Waals surface area contributed by atoms with E-state index in [4.69, 9.17) is 0 Å². The summed E-state index contributed by atoms with van der Waals surface area (Å²) in [6.45, 7) is 10.4. The summed E-state index contributed by atoms with van der Waals surface area (Å²) in [6, 6.07) is 0. The normalized spacial score (nSPS) is 45.1. The van der Waals surface area contributed by atoms with Crippen LogP contribution in [0.25, 0.3) is 0 Å². The van der Waals surface area contributed by atoms with Gasteiger partial charge in [-0.05, 0) is 91.8 Å². The molecule has 0 aromatic heterocycles. The second-order valence-corrected chi connectivity index (χ2v) is 11.2. The zero-order chi connectivity index (χ0) is 23.3. The number of aliphatic hydroxyl groups is 3. The van der Waals surface area contributed by atoms with Gasteiger partial charge in [0.1, 0.15) is 5.60 Å². The van der Waals surface area contributed by atoms with Gasteiger partial charge in [0.25, 0.3) is 0 Å². The summed E-state index contributed by atoms with van der Waals surface area (Å²) < 4.78 is 0. The van der Waals surface area contributed by atoms with Crippen LogP contribution in [-0.4, -0.2) is 38.9 Å². The number of fused-ring (bicyclic) bond motifs is 1. The van der Waals surface area contributed by atoms with Gasteiger partial charge in [0.05, 0.1) is 12.2 Å². The highest BCUT2D eigenvalue weighted by molar-refractivity contribution is 5.93. The van der Waals surface area contributed by atoms with Gasteiger partial charge in [-0.25, -0.2) is 0 Å². The predicted molar refractivity (Wildman–Crippen MR) is 127 cm³/mol. The van der Waals surface area contributed by atoms with E-state index >= 15 is 0 Å². The molecule has 4 fully saturated rings. The number of carbonyl (C=O) groups excluding carboxylic acids is 1. The molecular formula is C28H40O4. The minimum atomic E-state index is -1.28.